The molecular formula is C13H25N. The summed E-state index contributed by atoms with van der Waals surface area (Å²) in [7, 11) is 2.11. The van der Waals surface area contributed by atoms with Crippen LogP contribution in [0.4, 0.5) is 0 Å². The summed E-state index contributed by atoms with van der Waals surface area (Å²) in [6.45, 7) is 3.80. The van der Waals surface area contributed by atoms with Crippen LogP contribution in [0.3, 0.4) is 0 Å². The number of hydrogen-bond donors (Lipinski definition) is 1. The zero-order valence-corrected chi connectivity index (χ0v) is 9.60. The van der Waals surface area contributed by atoms with E-state index in [0.29, 0.717) is 0 Å². The van der Waals surface area contributed by atoms with Crippen molar-refractivity contribution in [2.75, 3.05) is 7.05 Å². The van der Waals surface area contributed by atoms with Gasteiger partial charge in [0.1, 0.15) is 0 Å². The number of hydrogen-bond acceptors (Lipinski definition) is 1. The Morgan fingerprint density at radius 2 is 1.93 bits per heavy atom. The maximum atomic E-state index is 3.80. The maximum Gasteiger partial charge on any atom is 0.00952 e. The molecule has 1 aliphatic rings. The van der Waals surface area contributed by atoms with Crippen LogP contribution in [0, 0.1) is 5.92 Å². The molecule has 0 amide bonds. The molecule has 1 N–H and O–H groups in total. The lowest BCUT2D eigenvalue weighted by atomic mass is 9.89. The highest BCUT2D eigenvalue weighted by Gasteiger charge is 2.20. The van der Waals surface area contributed by atoms with Crippen molar-refractivity contribution in [3.05, 3.63) is 12.7 Å². The van der Waals surface area contributed by atoms with Gasteiger partial charge < -0.3 is 5.32 Å². The van der Waals surface area contributed by atoms with Crippen molar-refractivity contribution in [3.8, 4) is 0 Å². The second kappa shape index (κ2) is 7.05. The normalized spacial score (nSPS) is 21.5. The third kappa shape index (κ3) is 3.83. The van der Waals surface area contributed by atoms with Gasteiger partial charge in [-0.15, -0.1) is 6.58 Å². The van der Waals surface area contributed by atoms with Crippen molar-refractivity contribution in [1.82, 2.24) is 5.32 Å². The van der Waals surface area contributed by atoms with Gasteiger partial charge in [0.25, 0.3) is 0 Å². The lowest BCUT2D eigenvalue weighted by Gasteiger charge is -2.25. The van der Waals surface area contributed by atoms with Crippen LogP contribution < -0.4 is 5.32 Å². The van der Waals surface area contributed by atoms with Gasteiger partial charge in [-0.05, 0) is 38.6 Å². The summed E-state index contributed by atoms with van der Waals surface area (Å²) in [5.41, 5.74) is 0. The van der Waals surface area contributed by atoms with E-state index in [0.717, 1.165) is 18.4 Å². The minimum Gasteiger partial charge on any atom is -0.317 e. The quantitative estimate of drug-likeness (QED) is 0.523. The largest absolute Gasteiger partial charge is 0.317 e. The lowest BCUT2D eigenvalue weighted by molar-refractivity contribution is 0.321. The second-order valence-electron chi connectivity index (χ2n) is 4.51. The van der Waals surface area contributed by atoms with Crippen molar-refractivity contribution in [2.45, 2.75) is 57.4 Å². The molecule has 1 aliphatic carbocycles. The highest BCUT2D eigenvalue weighted by molar-refractivity contribution is 4.80. The molecule has 0 aromatic carbocycles. The first kappa shape index (κ1) is 11.8. The zero-order chi connectivity index (χ0) is 10.2. The molecule has 1 heteroatoms. The molecule has 0 saturated heterocycles. The van der Waals surface area contributed by atoms with Gasteiger partial charge in [0.05, 0.1) is 0 Å². The van der Waals surface area contributed by atoms with Crippen LogP contribution in [0.15, 0.2) is 12.7 Å². The van der Waals surface area contributed by atoms with E-state index in [4.69, 9.17) is 0 Å². The Bertz CT molecular complexity index is 145. The van der Waals surface area contributed by atoms with Gasteiger partial charge >= 0.3 is 0 Å². The van der Waals surface area contributed by atoms with Crippen LogP contribution >= 0.6 is 0 Å². The van der Waals surface area contributed by atoms with E-state index in [2.05, 4.69) is 18.9 Å². The Morgan fingerprint density at radius 3 is 2.43 bits per heavy atom. The minimum atomic E-state index is 0.728. The lowest BCUT2D eigenvalue weighted by Crippen LogP contribution is -2.33. The summed E-state index contributed by atoms with van der Waals surface area (Å²) in [4.78, 5) is 0. The van der Waals surface area contributed by atoms with Gasteiger partial charge in [0, 0.05) is 6.04 Å². The van der Waals surface area contributed by atoms with E-state index >= 15 is 0 Å². The average Bonchev–Trinajstić information content (AvgIpc) is 2.48. The molecule has 14 heavy (non-hydrogen) atoms. The molecule has 82 valence electrons. The molecule has 1 atom stereocenters. The van der Waals surface area contributed by atoms with Crippen molar-refractivity contribution in [3.63, 3.8) is 0 Å². The predicted octanol–water partition coefficient (Wildman–Crippen LogP) is 3.51. The van der Waals surface area contributed by atoms with Crippen LogP contribution in [-0.4, -0.2) is 13.1 Å². The molecule has 0 spiro atoms. The van der Waals surface area contributed by atoms with Crippen LogP contribution in [0.1, 0.15) is 51.4 Å². The smallest absolute Gasteiger partial charge is 0.00952 e. The molecule has 1 fully saturated rings. The highest BCUT2D eigenvalue weighted by atomic mass is 14.9. The van der Waals surface area contributed by atoms with Gasteiger partial charge in [0.15, 0.2) is 0 Å². The Morgan fingerprint density at radius 1 is 1.29 bits per heavy atom. The summed E-state index contributed by atoms with van der Waals surface area (Å²) in [5.74, 6) is 0.919. The summed E-state index contributed by atoms with van der Waals surface area (Å²) in [6, 6.07) is 0.728. The van der Waals surface area contributed by atoms with Crippen LogP contribution in [-0.2, 0) is 0 Å². The first-order chi connectivity index (χ1) is 6.88. The topological polar surface area (TPSA) is 12.0 Å². The molecule has 0 radical (unpaired) electrons. The SMILES string of the molecule is C=CCCC(NC)C1CCCCCC1. The monoisotopic (exact) mass is 195 g/mol. The molecule has 1 rings (SSSR count). The maximum absolute atomic E-state index is 3.80. The van der Waals surface area contributed by atoms with E-state index in [1.807, 2.05) is 6.08 Å². The summed E-state index contributed by atoms with van der Waals surface area (Å²) >= 11 is 0. The molecule has 0 aliphatic heterocycles. The standard InChI is InChI=1S/C13H25N/c1-3-4-11-13(14-2)12-9-7-5-6-8-10-12/h3,12-14H,1,4-11H2,2H3. The second-order valence-corrected chi connectivity index (χ2v) is 4.51. The first-order valence-corrected chi connectivity index (χ1v) is 6.16. The van der Waals surface area contributed by atoms with Crippen LogP contribution in [0.5, 0.6) is 0 Å². The molecule has 0 bridgehead atoms. The highest BCUT2D eigenvalue weighted by Crippen LogP contribution is 2.27. The Balaban J connectivity index is 2.35. The third-order valence-corrected chi connectivity index (χ3v) is 3.52. The molecular weight excluding hydrogens is 170 g/mol. The molecule has 0 aromatic rings. The van der Waals surface area contributed by atoms with Crippen molar-refractivity contribution < 1.29 is 0 Å². The fourth-order valence-corrected chi connectivity index (χ4v) is 2.63. The molecule has 0 aromatic heterocycles. The number of nitrogens with one attached hydrogen (secondary N) is 1. The molecule has 0 heterocycles. The van der Waals surface area contributed by atoms with Gasteiger partial charge in [-0.1, -0.05) is 31.8 Å². The fraction of sp³-hybridized carbons (Fsp3) is 0.846. The first-order valence-electron chi connectivity index (χ1n) is 6.16. The molecule has 1 nitrogen and oxygen atoms in total. The third-order valence-electron chi connectivity index (χ3n) is 3.52. The Labute approximate surface area is 89.0 Å². The zero-order valence-electron chi connectivity index (χ0n) is 9.60. The summed E-state index contributed by atoms with van der Waals surface area (Å²) < 4.78 is 0. The van der Waals surface area contributed by atoms with Crippen molar-refractivity contribution in [2.24, 2.45) is 5.92 Å². The summed E-state index contributed by atoms with van der Waals surface area (Å²) in [6.07, 6.45) is 13.1. The van der Waals surface area contributed by atoms with E-state index in [-0.39, 0.29) is 0 Å². The minimum absolute atomic E-state index is 0.728. The van der Waals surface area contributed by atoms with Gasteiger partial charge in [-0.3, -0.25) is 0 Å². The van der Waals surface area contributed by atoms with Crippen LogP contribution in [0.25, 0.3) is 0 Å². The van der Waals surface area contributed by atoms with E-state index < -0.39 is 0 Å². The fourth-order valence-electron chi connectivity index (χ4n) is 2.63. The number of rotatable bonds is 5. The van der Waals surface area contributed by atoms with Crippen molar-refractivity contribution >= 4 is 0 Å². The molecule has 1 unspecified atom stereocenters. The Hall–Kier alpha value is -0.300. The predicted molar refractivity (Wildman–Crippen MR) is 63.5 cm³/mol. The van der Waals surface area contributed by atoms with Crippen molar-refractivity contribution in [1.29, 1.82) is 0 Å². The Kier molecular flexibility index (Phi) is 5.93. The van der Waals surface area contributed by atoms with Gasteiger partial charge in [-0.25, -0.2) is 0 Å². The number of allylic oxidation sites excluding steroid dienone is 1. The van der Waals surface area contributed by atoms with Crippen LogP contribution in [0.2, 0.25) is 0 Å². The van der Waals surface area contributed by atoms with Gasteiger partial charge in [0.2, 0.25) is 0 Å². The molecule has 1 saturated carbocycles. The van der Waals surface area contributed by atoms with Gasteiger partial charge in [-0.2, -0.15) is 0 Å². The average molecular weight is 195 g/mol. The van der Waals surface area contributed by atoms with E-state index in [1.165, 1.54) is 44.9 Å². The van der Waals surface area contributed by atoms with E-state index in [1.54, 1.807) is 0 Å². The summed E-state index contributed by atoms with van der Waals surface area (Å²) in [5, 5.41) is 3.49. The van der Waals surface area contributed by atoms with E-state index in [9.17, 15) is 0 Å².